The Bertz CT molecular complexity index is 810. The number of aliphatic imine (C=N–C) groups is 1. The SMILES string of the molecule is CN=C(NCCc1coc(-c2ccc(C)cc2)n1)NCC(CC(C)C)N1CCOCC1. The first kappa shape index (κ1) is 23.3. The predicted molar refractivity (Wildman–Crippen MR) is 125 cm³/mol. The van der Waals surface area contributed by atoms with E-state index in [1.165, 1.54) is 5.56 Å². The summed E-state index contributed by atoms with van der Waals surface area (Å²) in [6, 6.07) is 8.70. The van der Waals surface area contributed by atoms with E-state index in [9.17, 15) is 0 Å². The maximum atomic E-state index is 5.66. The van der Waals surface area contributed by atoms with Crippen molar-refractivity contribution in [1.82, 2.24) is 20.5 Å². The minimum Gasteiger partial charge on any atom is -0.444 e. The van der Waals surface area contributed by atoms with Gasteiger partial charge in [-0.15, -0.1) is 0 Å². The van der Waals surface area contributed by atoms with Crippen LogP contribution in [0.5, 0.6) is 0 Å². The van der Waals surface area contributed by atoms with Gasteiger partial charge in [-0.05, 0) is 31.4 Å². The Morgan fingerprint density at radius 1 is 1.16 bits per heavy atom. The van der Waals surface area contributed by atoms with Gasteiger partial charge in [-0.1, -0.05) is 31.5 Å². The van der Waals surface area contributed by atoms with Gasteiger partial charge in [0.05, 0.1) is 18.9 Å². The molecule has 0 spiro atoms. The van der Waals surface area contributed by atoms with E-state index in [4.69, 9.17) is 9.15 Å². The molecule has 0 saturated carbocycles. The standard InChI is InChI=1S/C24H37N5O2/c1-18(2)15-22(29-11-13-30-14-12-29)16-27-24(25-4)26-10-9-21-17-31-23(28-21)20-7-5-19(3)6-8-20/h5-8,17-18,22H,9-16H2,1-4H3,(H2,25,26,27). The van der Waals surface area contributed by atoms with Gasteiger partial charge in [0.2, 0.25) is 5.89 Å². The lowest BCUT2D eigenvalue weighted by atomic mass is 10.0. The second kappa shape index (κ2) is 11.9. The van der Waals surface area contributed by atoms with E-state index in [0.29, 0.717) is 17.9 Å². The number of ether oxygens (including phenoxy) is 1. The van der Waals surface area contributed by atoms with Gasteiger partial charge < -0.3 is 19.8 Å². The van der Waals surface area contributed by atoms with E-state index in [2.05, 4.69) is 58.4 Å². The quantitative estimate of drug-likeness (QED) is 0.473. The number of hydrogen-bond donors (Lipinski definition) is 2. The maximum Gasteiger partial charge on any atom is 0.226 e. The molecule has 2 N–H and O–H groups in total. The molecule has 1 fully saturated rings. The molecule has 1 aliphatic heterocycles. The van der Waals surface area contributed by atoms with Crippen LogP contribution in [-0.2, 0) is 11.2 Å². The zero-order valence-corrected chi connectivity index (χ0v) is 19.4. The normalized spacial score (nSPS) is 16.5. The van der Waals surface area contributed by atoms with Crippen LogP contribution in [0, 0.1) is 12.8 Å². The van der Waals surface area contributed by atoms with E-state index in [0.717, 1.165) is 69.5 Å². The topological polar surface area (TPSA) is 74.9 Å². The van der Waals surface area contributed by atoms with Gasteiger partial charge in [-0.2, -0.15) is 0 Å². The predicted octanol–water partition coefficient (Wildman–Crippen LogP) is 3.10. The van der Waals surface area contributed by atoms with E-state index < -0.39 is 0 Å². The van der Waals surface area contributed by atoms with Crippen LogP contribution in [0.4, 0.5) is 0 Å². The van der Waals surface area contributed by atoms with Crippen molar-refractivity contribution < 1.29 is 9.15 Å². The Morgan fingerprint density at radius 3 is 2.58 bits per heavy atom. The maximum absolute atomic E-state index is 5.66. The van der Waals surface area contributed by atoms with Crippen molar-refractivity contribution in [3.05, 3.63) is 41.8 Å². The highest BCUT2D eigenvalue weighted by atomic mass is 16.5. The van der Waals surface area contributed by atoms with E-state index >= 15 is 0 Å². The highest BCUT2D eigenvalue weighted by Gasteiger charge is 2.22. The Hall–Kier alpha value is -2.38. The molecule has 170 valence electrons. The number of oxazole rings is 1. The second-order valence-electron chi connectivity index (χ2n) is 8.57. The van der Waals surface area contributed by atoms with Gasteiger partial charge in [0.15, 0.2) is 5.96 Å². The number of hydrogen-bond acceptors (Lipinski definition) is 5. The second-order valence-corrected chi connectivity index (χ2v) is 8.57. The summed E-state index contributed by atoms with van der Waals surface area (Å²) in [5.74, 6) is 2.14. The van der Waals surface area contributed by atoms with Crippen molar-refractivity contribution in [2.45, 2.75) is 39.7 Å². The van der Waals surface area contributed by atoms with Gasteiger partial charge in [-0.3, -0.25) is 9.89 Å². The molecule has 0 bridgehead atoms. The average Bonchev–Trinajstić information content (AvgIpc) is 3.25. The highest BCUT2D eigenvalue weighted by molar-refractivity contribution is 5.79. The largest absolute Gasteiger partial charge is 0.444 e. The number of nitrogens with one attached hydrogen (secondary N) is 2. The summed E-state index contributed by atoms with van der Waals surface area (Å²) in [7, 11) is 1.81. The number of guanidine groups is 1. The summed E-state index contributed by atoms with van der Waals surface area (Å²) in [5, 5.41) is 6.91. The molecule has 1 atom stereocenters. The van der Waals surface area contributed by atoms with Crippen molar-refractivity contribution in [2.24, 2.45) is 10.9 Å². The molecule has 1 aliphatic rings. The molecule has 1 aromatic carbocycles. The minimum absolute atomic E-state index is 0.482. The monoisotopic (exact) mass is 427 g/mol. The van der Waals surface area contributed by atoms with Crippen molar-refractivity contribution >= 4 is 5.96 Å². The van der Waals surface area contributed by atoms with E-state index in [1.807, 2.05) is 19.2 Å². The molecule has 0 aliphatic carbocycles. The van der Waals surface area contributed by atoms with Crippen LogP contribution in [-0.4, -0.2) is 68.3 Å². The minimum atomic E-state index is 0.482. The van der Waals surface area contributed by atoms with Crippen molar-refractivity contribution in [1.29, 1.82) is 0 Å². The zero-order chi connectivity index (χ0) is 22.1. The molecule has 2 aromatic rings. The molecule has 1 unspecified atom stereocenters. The molecule has 1 aromatic heterocycles. The number of nitrogens with zero attached hydrogens (tertiary/aromatic N) is 3. The summed E-state index contributed by atoms with van der Waals surface area (Å²) >= 11 is 0. The fourth-order valence-corrected chi connectivity index (χ4v) is 3.84. The van der Waals surface area contributed by atoms with Gasteiger partial charge >= 0.3 is 0 Å². The number of benzene rings is 1. The fourth-order valence-electron chi connectivity index (χ4n) is 3.84. The first-order chi connectivity index (χ1) is 15.0. The summed E-state index contributed by atoms with van der Waals surface area (Å²) < 4.78 is 11.2. The molecular formula is C24H37N5O2. The molecule has 3 rings (SSSR count). The summed E-state index contributed by atoms with van der Waals surface area (Å²) in [6.45, 7) is 11.9. The molecule has 0 amide bonds. The number of aromatic nitrogens is 1. The fraction of sp³-hybridized carbons (Fsp3) is 0.583. The lowest BCUT2D eigenvalue weighted by Gasteiger charge is -2.35. The lowest BCUT2D eigenvalue weighted by Crippen LogP contribution is -2.51. The molecule has 31 heavy (non-hydrogen) atoms. The van der Waals surface area contributed by atoms with Gasteiger partial charge in [0.1, 0.15) is 6.26 Å². The molecule has 7 heteroatoms. The number of aryl methyl sites for hydroxylation is 1. The Morgan fingerprint density at radius 2 is 1.90 bits per heavy atom. The van der Waals surface area contributed by atoms with Crippen LogP contribution < -0.4 is 10.6 Å². The first-order valence-electron chi connectivity index (χ1n) is 11.3. The van der Waals surface area contributed by atoms with Gasteiger partial charge in [-0.25, -0.2) is 4.98 Å². The van der Waals surface area contributed by atoms with Crippen molar-refractivity contribution in [3.8, 4) is 11.5 Å². The molecule has 2 heterocycles. The van der Waals surface area contributed by atoms with Crippen LogP contribution in [0.3, 0.4) is 0 Å². The zero-order valence-electron chi connectivity index (χ0n) is 19.4. The number of morpholine rings is 1. The summed E-state index contributed by atoms with van der Waals surface area (Å²) in [5.41, 5.74) is 3.16. The molecule has 1 saturated heterocycles. The Balaban J connectivity index is 1.46. The lowest BCUT2D eigenvalue weighted by molar-refractivity contribution is 0.0132. The van der Waals surface area contributed by atoms with Crippen LogP contribution in [0.1, 0.15) is 31.5 Å². The summed E-state index contributed by atoms with van der Waals surface area (Å²) in [4.78, 5) is 11.5. The van der Waals surface area contributed by atoms with Gasteiger partial charge in [0.25, 0.3) is 0 Å². The highest BCUT2D eigenvalue weighted by Crippen LogP contribution is 2.19. The van der Waals surface area contributed by atoms with Crippen LogP contribution in [0.2, 0.25) is 0 Å². The Labute approximate surface area is 186 Å². The van der Waals surface area contributed by atoms with E-state index in [1.54, 1.807) is 6.26 Å². The first-order valence-corrected chi connectivity index (χ1v) is 11.3. The third kappa shape index (κ3) is 7.36. The summed E-state index contributed by atoms with van der Waals surface area (Å²) in [6.07, 6.45) is 3.67. The average molecular weight is 428 g/mol. The van der Waals surface area contributed by atoms with E-state index in [-0.39, 0.29) is 0 Å². The number of rotatable bonds is 9. The molecule has 7 nitrogen and oxygen atoms in total. The molecule has 0 radical (unpaired) electrons. The van der Waals surface area contributed by atoms with Crippen molar-refractivity contribution in [3.63, 3.8) is 0 Å². The molecular weight excluding hydrogens is 390 g/mol. The third-order valence-electron chi connectivity index (χ3n) is 5.56. The van der Waals surface area contributed by atoms with Gasteiger partial charge in [0, 0.05) is 51.3 Å². The smallest absolute Gasteiger partial charge is 0.226 e. The Kier molecular flexibility index (Phi) is 8.91. The van der Waals surface area contributed by atoms with Crippen LogP contribution in [0.25, 0.3) is 11.5 Å². The van der Waals surface area contributed by atoms with Crippen molar-refractivity contribution in [2.75, 3.05) is 46.4 Å². The van der Waals surface area contributed by atoms with Crippen LogP contribution in [0.15, 0.2) is 39.9 Å². The third-order valence-corrected chi connectivity index (χ3v) is 5.56. The van der Waals surface area contributed by atoms with Crippen LogP contribution >= 0.6 is 0 Å².